The molecule has 2 aromatic carbocycles. The molecule has 150 valence electrons. The zero-order valence-electron chi connectivity index (χ0n) is 16.8. The maximum absolute atomic E-state index is 12.1. The first-order valence-corrected chi connectivity index (χ1v) is 9.85. The summed E-state index contributed by atoms with van der Waals surface area (Å²) in [7, 11) is 1.63. The lowest BCUT2D eigenvalue weighted by Gasteiger charge is -2.02. The predicted octanol–water partition coefficient (Wildman–Crippen LogP) is 4.38. The van der Waals surface area contributed by atoms with Crippen LogP contribution in [-0.4, -0.2) is 28.9 Å². The second-order valence-electron chi connectivity index (χ2n) is 6.90. The number of fused-ring (bicyclic) bond motifs is 1. The maximum Gasteiger partial charge on any atom is 0.244 e. The molecule has 1 N–H and O–H groups in total. The minimum Gasteiger partial charge on any atom is -0.493 e. The third-order valence-corrected chi connectivity index (χ3v) is 4.84. The van der Waals surface area contributed by atoms with Gasteiger partial charge in [0, 0.05) is 31.4 Å². The summed E-state index contributed by atoms with van der Waals surface area (Å²) in [5.74, 6) is 0.609. The molecule has 1 amide bonds. The number of hydrogen-bond acceptors (Lipinski definition) is 3. The molecule has 2 heterocycles. The van der Waals surface area contributed by atoms with Crippen molar-refractivity contribution in [2.45, 2.75) is 6.42 Å². The van der Waals surface area contributed by atoms with E-state index < -0.39 is 0 Å². The fourth-order valence-corrected chi connectivity index (χ4v) is 3.28. The first-order valence-electron chi connectivity index (χ1n) is 9.85. The van der Waals surface area contributed by atoms with Gasteiger partial charge in [0.2, 0.25) is 5.91 Å². The molecule has 0 spiro atoms. The summed E-state index contributed by atoms with van der Waals surface area (Å²) < 4.78 is 7.25. The molecule has 4 aromatic rings. The SMILES string of the molecule is COc1cccn2cc(CCNC(=O)/C=C/c3ccc(-c4ccccc4)cc3)nc12. The Morgan fingerprint density at radius 2 is 1.80 bits per heavy atom. The number of imidazole rings is 1. The summed E-state index contributed by atoms with van der Waals surface area (Å²) in [6, 6.07) is 22.1. The first kappa shape index (κ1) is 19.5. The summed E-state index contributed by atoms with van der Waals surface area (Å²) >= 11 is 0. The molecule has 0 fully saturated rings. The monoisotopic (exact) mass is 397 g/mol. The molecule has 0 aliphatic carbocycles. The molecule has 0 bridgehead atoms. The van der Waals surface area contributed by atoms with Gasteiger partial charge in [-0.15, -0.1) is 0 Å². The number of carbonyl (C=O) groups excluding carboxylic acids is 1. The average Bonchev–Trinajstić information content (AvgIpc) is 3.21. The lowest BCUT2D eigenvalue weighted by atomic mass is 10.0. The lowest BCUT2D eigenvalue weighted by molar-refractivity contribution is -0.116. The molecule has 0 aliphatic heterocycles. The minimum atomic E-state index is -0.122. The van der Waals surface area contributed by atoms with Gasteiger partial charge >= 0.3 is 0 Å². The van der Waals surface area contributed by atoms with E-state index in [1.165, 1.54) is 5.56 Å². The van der Waals surface area contributed by atoms with Crippen molar-refractivity contribution in [2.24, 2.45) is 0 Å². The smallest absolute Gasteiger partial charge is 0.244 e. The van der Waals surface area contributed by atoms with E-state index in [4.69, 9.17) is 4.74 Å². The molecule has 2 aromatic heterocycles. The van der Waals surface area contributed by atoms with Gasteiger partial charge in [-0.25, -0.2) is 4.98 Å². The van der Waals surface area contributed by atoms with Crippen LogP contribution < -0.4 is 10.1 Å². The van der Waals surface area contributed by atoms with Crippen molar-refractivity contribution in [3.05, 3.63) is 96.5 Å². The van der Waals surface area contributed by atoms with Crippen molar-refractivity contribution >= 4 is 17.6 Å². The number of amides is 1. The van der Waals surface area contributed by atoms with E-state index in [1.807, 2.05) is 65.3 Å². The summed E-state index contributed by atoms with van der Waals surface area (Å²) in [5, 5.41) is 2.91. The van der Waals surface area contributed by atoms with Gasteiger partial charge in [-0.2, -0.15) is 0 Å². The topological polar surface area (TPSA) is 55.6 Å². The number of carbonyl (C=O) groups is 1. The third kappa shape index (κ3) is 4.58. The van der Waals surface area contributed by atoms with Crippen LogP contribution in [0.25, 0.3) is 22.9 Å². The highest BCUT2D eigenvalue weighted by Crippen LogP contribution is 2.20. The second-order valence-corrected chi connectivity index (χ2v) is 6.90. The van der Waals surface area contributed by atoms with E-state index in [2.05, 4.69) is 34.6 Å². The van der Waals surface area contributed by atoms with Crippen LogP contribution in [0.2, 0.25) is 0 Å². The molecule has 4 rings (SSSR count). The molecular weight excluding hydrogens is 374 g/mol. The summed E-state index contributed by atoms with van der Waals surface area (Å²) in [6.45, 7) is 0.516. The van der Waals surface area contributed by atoms with Crippen molar-refractivity contribution in [1.29, 1.82) is 0 Å². The van der Waals surface area contributed by atoms with Crippen LogP contribution in [0.4, 0.5) is 0 Å². The van der Waals surface area contributed by atoms with Gasteiger partial charge in [0.1, 0.15) is 0 Å². The van der Waals surface area contributed by atoms with E-state index in [0.29, 0.717) is 13.0 Å². The fraction of sp³-hybridized carbons (Fsp3) is 0.120. The van der Waals surface area contributed by atoms with Gasteiger partial charge < -0.3 is 14.5 Å². The third-order valence-electron chi connectivity index (χ3n) is 4.84. The Bertz CT molecular complexity index is 1160. The Morgan fingerprint density at radius 3 is 2.57 bits per heavy atom. The lowest BCUT2D eigenvalue weighted by Crippen LogP contribution is -2.23. The van der Waals surface area contributed by atoms with Gasteiger partial charge in [0.05, 0.1) is 12.8 Å². The molecule has 30 heavy (non-hydrogen) atoms. The average molecular weight is 397 g/mol. The van der Waals surface area contributed by atoms with Crippen LogP contribution in [0.3, 0.4) is 0 Å². The van der Waals surface area contributed by atoms with Gasteiger partial charge in [0.15, 0.2) is 11.4 Å². The largest absolute Gasteiger partial charge is 0.493 e. The first-order chi connectivity index (χ1) is 14.7. The van der Waals surface area contributed by atoms with E-state index >= 15 is 0 Å². The summed E-state index contributed by atoms with van der Waals surface area (Å²) in [6.07, 6.45) is 7.91. The van der Waals surface area contributed by atoms with Crippen LogP contribution in [0.15, 0.2) is 85.2 Å². The molecule has 0 saturated heterocycles. The van der Waals surface area contributed by atoms with Crippen LogP contribution in [-0.2, 0) is 11.2 Å². The number of nitrogens with zero attached hydrogens (tertiary/aromatic N) is 2. The Balaban J connectivity index is 1.30. The second kappa shape index (κ2) is 9.09. The quantitative estimate of drug-likeness (QED) is 0.471. The number of aromatic nitrogens is 2. The number of nitrogens with one attached hydrogen (secondary N) is 1. The highest BCUT2D eigenvalue weighted by molar-refractivity contribution is 5.91. The van der Waals surface area contributed by atoms with Crippen molar-refractivity contribution in [1.82, 2.24) is 14.7 Å². The van der Waals surface area contributed by atoms with Gasteiger partial charge in [-0.1, -0.05) is 54.6 Å². The fourth-order valence-electron chi connectivity index (χ4n) is 3.28. The molecule has 0 radical (unpaired) electrons. The van der Waals surface area contributed by atoms with E-state index in [1.54, 1.807) is 13.2 Å². The highest BCUT2D eigenvalue weighted by Gasteiger charge is 2.06. The van der Waals surface area contributed by atoms with Crippen molar-refractivity contribution in [3.63, 3.8) is 0 Å². The maximum atomic E-state index is 12.1. The van der Waals surface area contributed by atoms with Gasteiger partial charge in [-0.05, 0) is 34.9 Å². The van der Waals surface area contributed by atoms with Crippen molar-refractivity contribution in [2.75, 3.05) is 13.7 Å². The zero-order valence-corrected chi connectivity index (χ0v) is 16.8. The standard InChI is InChI=1S/C25H23N3O2/c1-30-23-8-5-17-28-18-22(27-25(23)28)15-16-26-24(29)14-11-19-9-12-21(13-10-19)20-6-3-2-4-7-20/h2-14,17-18H,15-16H2,1H3,(H,26,29)/b14-11+. The molecule has 0 aliphatic rings. The normalized spacial score (nSPS) is 11.1. The van der Waals surface area contributed by atoms with Crippen molar-refractivity contribution < 1.29 is 9.53 Å². The van der Waals surface area contributed by atoms with Crippen LogP contribution in [0.1, 0.15) is 11.3 Å². The molecular formula is C25H23N3O2. The summed E-state index contributed by atoms with van der Waals surface area (Å²) in [4.78, 5) is 16.7. The number of hydrogen-bond donors (Lipinski definition) is 1. The Morgan fingerprint density at radius 1 is 1.03 bits per heavy atom. The molecule has 5 heteroatoms. The Hall–Kier alpha value is -3.86. The number of pyridine rings is 1. The molecule has 0 saturated carbocycles. The van der Waals surface area contributed by atoms with Gasteiger partial charge in [-0.3, -0.25) is 4.79 Å². The van der Waals surface area contributed by atoms with Crippen LogP contribution >= 0.6 is 0 Å². The predicted molar refractivity (Wildman–Crippen MR) is 119 cm³/mol. The van der Waals surface area contributed by atoms with Crippen LogP contribution in [0.5, 0.6) is 5.75 Å². The zero-order chi connectivity index (χ0) is 20.8. The van der Waals surface area contributed by atoms with Crippen molar-refractivity contribution in [3.8, 4) is 16.9 Å². The number of benzene rings is 2. The highest BCUT2D eigenvalue weighted by atomic mass is 16.5. The summed E-state index contributed by atoms with van der Waals surface area (Å²) in [5.41, 5.74) is 4.99. The Labute approximate surface area is 175 Å². The van der Waals surface area contributed by atoms with Crippen LogP contribution in [0, 0.1) is 0 Å². The van der Waals surface area contributed by atoms with E-state index in [0.717, 1.165) is 28.2 Å². The Kier molecular flexibility index (Phi) is 5.90. The van der Waals surface area contributed by atoms with E-state index in [-0.39, 0.29) is 5.91 Å². The number of rotatable bonds is 7. The molecule has 0 atom stereocenters. The van der Waals surface area contributed by atoms with Gasteiger partial charge in [0.25, 0.3) is 0 Å². The minimum absolute atomic E-state index is 0.122. The van der Waals surface area contributed by atoms with E-state index in [9.17, 15) is 4.79 Å². The number of methoxy groups -OCH3 is 1. The number of ether oxygens (including phenoxy) is 1. The molecule has 5 nitrogen and oxygen atoms in total. The molecule has 0 unspecified atom stereocenters.